The molecule has 0 aliphatic rings. The Morgan fingerprint density at radius 3 is 2.50 bits per heavy atom. The van der Waals surface area contributed by atoms with Crippen molar-refractivity contribution in [1.29, 1.82) is 0 Å². The summed E-state index contributed by atoms with van der Waals surface area (Å²) in [5, 5.41) is 3.25. The van der Waals surface area contributed by atoms with Gasteiger partial charge >= 0.3 is 0 Å². The second kappa shape index (κ2) is 4.01. The highest BCUT2D eigenvalue weighted by Gasteiger charge is 1.98. The maximum Gasteiger partial charge on any atom is 0.133 e. The number of furan rings is 1. The van der Waals surface area contributed by atoms with E-state index in [1.54, 1.807) is 6.26 Å². The molecule has 0 radical (unpaired) electrons. The Labute approximate surface area is 83.6 Å². The first-order valence-corrected chi connectivity index (χ1v) is 4.78. The first kappa shape index (κ1) is 8.88. The fourth-order valence-corrected chi connectivity index (χ4v) is 1.40. The average Bonchev–Trinajstić information content (AvgIpc) is 2.72. The summed E-state index contributed by atoms with van der Waals surface area (Å²) >= 11 is 0. The minimum atomic E-state index is 0.910. The molecule has 0 fully saturated rings. The zero-order valence-electron chi connectivity index (χ0n) is 8.16. The smallest absolute Gasteiger partial charge is 0.133 e. The maximum absolute atomic E-state index is 5.30. The molecule has 0 amide bonds. The normalized spacial score (nSPS) is 10.1. The highest BCUT2D eigenvalue weighted by molar-refractivity contribution is 5.61. The predicted octanol–water partition coefficient (Wildman–Crippen LogP) is 3.38. The average molecular weight is 187 g/mol. The van der Waals surface area contributed by atoms with Crippen LogP contribution < -0.4 is 5.32 Å². The Morgan fingerprint density at radius 2 is 1.93 bits per heavy atom. The van der Waals surface area contributed by atoms with Crippen molar-refractivity contribution in [3.63, 3.8) is 0 Å². The van der Waals surface area contributed by atoms with Crippen molar-refractivity contribution >= 4 is 5.69 Å². The second-order valence-electron chi connectivity index (χ2n) is 3.08. The van der Waals surface area contributed by atoms with Crippen LogP contribution in [0.5, 0.6) is 0 Å². The van der Waals surface area contributed by atoms with E-state index in [0.29, 0.717) is 0 Å². The zero-order chi connectivity index (χ0) is 9.80. The summed E-state index contributed by atoms with van der Waals surface area (Å²) in [4.78, 5) is 0. The van der Waals surface area contributed by atoms with E-state index in [0.717, 1.165) is 23.6 Å². The molecular weight excluding hydrogens is 174 g/mol. The van der Waals surface area contributed by atoms with Crippen LogP contribution in [0, 0.1) is 0 Å². The van der Waals surface area contributed by atoms with E-state index in [1.165, 1.54) is 0 Å². The molecule has 0 saturated carbocycles. The standard InChI is InChI=1S/C12H13NO/c1-2-13-11-7-5-10(6-8-11)12-4-3-9-14-12/h3-9,13H,2H2,1H3. The lowest BCUT2D eigenvalue weighted by Crippen LogP contribution is -1.95. The minimum Gasteiger partial charge on any atom is -0.464 e. The lowest BCUT2D eigenvalue weighted by molar-refractivity contribution is 0.582. The number of anilines is 1. The molecule has 0 saturated heterocycles. The molecule has 1 heterocycles. The fraction of sp³-hybridized carbons (Fsp3) is 0.167. The highest BCUT2D eigenvalue weighted by atomic mass is 16.3. The first-order valence-electron chi connectivity index (χ1n) is 4.78. The Kier molecular flexibility index (Phi) is 2.54. The van der Waals surface area contributed by atoms with Gasteiger partial charge in [0.25, 0.3) is 0 Å². The van der Waals surface area contributed by atoms with Crippen LogP contribution in [0.3, 0.4) is 0 Å². The summed E-state index contributed by atoms with van der Waals surface area (Å²) in [6, 6.07) is 12.1. The van der Waals surface area contributed by atoms with Crippen LogP contribution in [0.1, 0.15) is 6.92 Å². The lowest BCUT2D eigenvalue weighted by atomic mass is 10.1. The Balaban J connectivity index is 2.22. The topological polar surface area (TPSA) is 25.2 Å². The van der Waals surface area contributed by atoms with Gasteiger partial charge in [0, 0.05) is 17.8 Å². The predicted molar refractivity (Wildman–Crippen MR) is 58.3 cm³/mol. The van der Waals surface area contributed by atoms with Crippen LogP contribution in [-0.2, 0) is 0 Å². The first-order chi connectivity index (χ1) is 6.90. The third-order valence-corrected chi connectivity index (χ3v) is 2.07. The number of nitrogens with one attached hydrogen (secondary N) is 1. The largest absolute Gasteiger partial charge is 0.464 e. The molecule has 1 aromatic carbocycles. The zero-order valence-corrected chi connectivity index (χ0v) is 8.16. The molecule has 0 unspecified atom stereocenters. The van der Waals surface area contributed by atoms with Crippen LogP contribution in [-0.4, -0.2) is 6.54 Å². The number of hydrogen-bond donors (Lipinski definition) is 1. The van der Waals surface area contributed by atoms with E-state index in [-0.39, 0.29) is 0 Å². The summed E-state index contributed by atoms with van der Waals surface area (Å²) in [7, 11) is 0. The van der Waals surface area contributed by atoms with Crippen molar-refractivity contribution in [2.24, 2.45) is 0 Å². The number of benzene rings is 1. The molecule has 2 nitrogen and oxygen atoms in total. The van der Waals surface area contributed by atoms with E-state index in [2.05, 4.69) is 36.5 Å². The van der Waals surface area contributed by atoms with Crippen molar-refractivity contribution in [1.82, 2.24) is 0 Å². The molecule has 0 bridgehead atoms. The van der Waals surface area contributed by atoms with Gasteiger partial charge in [0.2, 0.25) is 0 Å². The summed E-state index contributed by atoms with van der Waals surface area (Å²) < 4.78 is 5.30. The van der Waals surface area contributed by atoms with Crippen molar-refractivity contribution in [3.8, 4) is 11.3 Å². The van der Waals surface area contributed by atoms with Gasteiger partial charge in [-0.15, -0.1) is 0 Å². The highest BCUT2D eigenvalue weighted by Crippen LogP contribution is 2.21. The third-order valence-electron chi connectivity index (χ3n) is 2.07. The molecule has 72 valence electrons. The van der Waals surface area contributed by atoms with Gasteiger partial charge < -0.3 is 9.73 Å². The summed E-state index contributed by atoms with van der Waals surface area (Å²) in [6.45, 7) is 3.03. The van der Waals surface area contributed by atoms with Gasteiger partial charge in [-0.05, 0) is 43.3 Å². The van der Waals surface area contributed by atoms with E-state index < -0.39 is 0 Å². The quantitative estimate of drug-likeness (QED) is 0.796. The number of rotatable bonds is 3. The molecule has 1 aromatic heterocycles. The van der Waals surface area contributed by atoms with Crippen molar-refractivity contribution < 1.29 is 4.42 Å². The molecule has 0 spiro atoms. The van der Waals surface area contributed by atoms with Gasteiger partial charge in [-0.1, -0.05) is 0 Å². The van der Waals surface area contributed by atoms with E-state index in [4.69, 9.17) is 4.42 Å². The van der Waals surface area contributed by atoms with Crippen LogP contribution in [0.25, 0.3) is 11.3 Å². The Bertz CT molecular complexity index is 375. The SMILES string of the molecule is CCNc1ccc(-c2ccco2)cc1. The van der Waals surface area contributed by atoms with Crippen LogP contribution in [0.2, 0.25) is 0 Å². The van der Waals surface area contributed by atoms with Gasteiger partial charge in [0.05, 0.1) is 6.26 Å². The van der Waals surface area contributed by atoms with Crippen LogP contribution >= 0.6 is 0 Å². The summed E-state index contributed by atoms with van der Waals surface area (Å²) in [6.07, 6.45) is 1.69. The second-order valence-corrected chi connectivity index (χ2v) is 3.08. The van der Waals surface area contributed by atoms with E-state index in [9.17, 15) is 0 Å². The third kappa shape index (κ3) is 1.79. The fourth-order valence-electron chi connectivity index (χ4n) is 1.40. The maximum atomic E-state index is 5.30. The molecule has 2 aromatic rings. The van der Waals surface area contributed by atoms with Crippen molar-refractivity contribution in [3.05, 3.63) is 42.7 Å². The lowest BCUT2D eigenvalue weighted by Gasteiger charge is -2.03. The molecule has 0 atom stereocenters. The van der Waals surface area contributed by atoms with Gasteiger partial charge in [0.15, 0.2) is 0 Å². The van der Waals surface area contributed by atoms with Gasteiger partial charge in [-0.25, -0.2) is 0 Å². The molecule has 2 rings (SSSR count). The molecule has 0 aliphatic heterocycles. The van der Waals surface area contributed by atoms with Crippen molar-refractivity contribution in [2.75, 3.05) is 11.9 Å². The minimum absolute atomic E-state index is 0.910. The Morgan fingerprint density at radius 1 is 1.14 bits per heavy atom. The van der Waals surface area contributed by atoms with Crippen LogP contribution in [0.15, 0.2) is 47.1 Å². The van der Waals surface area contributed by atoms with Gasteiger partial charge in [0.1, 0.15) is 5.76 Å². The van der Waals surface area contributed by atoms with Crippen LogP contribution in [0.4, 0.5) is 5.69 Å². The number of hydrogen-bond acceptors (Lipinski definition) is 2. The molecule has 0 aliphatic carbocycles. The van der Waals surface area contributed by atoms with E-state index in [1.807, 2.05) is 12.1 Å². The van der Waals surface area contributed by atoms with Gasteiger partial charge in [-0.2, -0.15) is 0 Å². The van der Waals surface area contributed by atoms with Gasteiger partial charge in [-0.3, -0.25) is 0 Å². The molecule has 14 heavy (non-hydrogen) atoms. The summed E-state index contributed by atoms with van der Waals surface area (Å²) in [5.74, 6) is 0.910. The van der Waals surface area contributed by atoms with Crippen molar-refractivity contribution in [2.45, 2.75) is 6.92 Å². The molecule has 1 N–H and O–H groups in total. The summed E-state index contributed by atoms with van der Waals surface area (Å²) in [5.41, 5.74) is 2.25. The molecular formula is C12H13NO. The molecule has 2 heteroatoms. The monoisotopic (exact) mass is 187 g/mol. The van der Waals surface area contributed by atoms with E-state index >= 15 is 0 Å². The Hall–Kier alpha value is -1.70.